The minimum absolute atomic E-state index is 0.200. The minimum atomic E-state index is -0.200. The van der Waals surface area contributed by atoms with Crippen LogP contribution in [0, 0.1) is 0 Å². The third kappa shape index (κ3) is 2.49. The van der Waals surface area contributed by atoms with Gasteiger partial charge in [0.2, 0.25) is 0 Å². The fourth-order valence-electron chi connectivity index (χ4n) is 2.75. The van der Waals surface area contributed by atoms with Crippen molar-refractivity contribution in [3.8, 4) is 17.1 Å². The van der Waals surface area contributed by atoms with Crippen LogP contribution >= 0.6 is 11.6 Å². The van der Waals surface area contributed by atoms with Crippen molar-refractivity contribution in [1.82, 2.24) is 9.55 Å². The standard InChI is InChI=1S/C20H13ClN2O/c21-16-12-10-15(11-13-19(16)24)23-18-9-5-4-8-17(18)22-20(23)14-6-2-1-3-7-14/h1-13H. The van der Waals surface area contributed by atoms with Crippen LogP contribution in [0.3, 0.4) is 0 Å². The summed E-state index contributed by atoms with van der Waals surface area (Å²) < 4.78 is 2.04. The quantitative estimate of drug-likeness (QED) is 0.533. The van der Waals surface area contributed by atoms with E-state index in [1.54, 1.807) is 12.1 Å². The van der Waals surface area contributed by atoms with Gasteiger partial charge in [0.05, 0.1) is 16.1 Å². The van der Waals surface area contributed by atoms with Crippen molar-refractivity contribution in [1.29, 1.82) is 0 Å². The van der Waals surface area contributed by atoms with Gasteiger partial charge >= 0.3 is 0 Å². The topological polar surface area (TPSA) is 34.9 Å². The molecule has 0 spiro atoms. The number of fused-ring (bicyclic) bond motifs is 1. The van der Waals surface area contributed by atoms with Crippen molar-refractivity contribution in [3.05, 3.63) is 94.1 Å². The van der Waals surface area contributed by atoms with Gasteiger partial charge in [-0.15, -0.1) is 0 Å². The van der Waals surface area contributed by atoms with Crippen LogP contribution in [0.4, 0.5) is 0 Å². The number of para-hydroxylation sites is 2. The molecule has 0 atom stereocenters. The predicted molar refractivity (Wildman–Crippen MR) is 97.8 cm³/mol. The number of hydrogen-bond donors (Lipinski definition) is 0. The van der Waals surface area contributed by atoms with E-state index in [2.05, 4.69) is 0 Å². The van der Waals surface area contributed by atoms with Gasteiger partial charge in [0.15, 0.2) is 5.43 Å². The van der Waals surface area contributed by atoms with Crippen LogP contribution in [0.25, 0.3) is 28.1 Å². The molecule has 3 nitrogen and oxygen atoms in total. The van der Waals surface area contributed by atoms with E-state index in [4.69, 9.17) is 16.6 Å². The number of nitrogens with zero attached hydrogens (tertiary/aromatic N) is 2. The Morgan fingerprint density at radius 3 is 2.33 bits per heavy atom. The van der Waals surface area contributed by atoms with E-state index >= 15 is 0 Å². The van der Waals surface area contributed by atoms with Gasteiger partial charge in [0.25, 0.3) is 0 Å². The molecule has 24 heavy (non-hydrogen) atoms. The molecule has 0 aliphatic rings. The zero-order chi connectivity index (χ0) is 16.5. The summed E-state index contributed by atoms with van der Waals surface area (Å²) in [7, 11) is 0. The van der Waals surface area contributed by atoms with Crippen molar-refractivity contribution < 1.29 is 0 Å². The summed E-state index contributed by atoms with van der Waals surface area (Å²) in [5.74, 6) is 0.826. The van der Waals surface area contributed by atoms with Crippen molar-refractivity contribution in [2.45, 2.75) is 0 Å². The first kappa shape index (κ1) is 14.7. The first-order valence-corrected chi connectivity index (χ1v) is 7.95. The molecule has 0 amide bonds. The van der Waals surface area contributed by atoms with Gasteiger partial charge < -0.3 is 0 Å². The van der Waals surface area contributed by atoms with E-state index in [9.17, 15) is 4.79 Å². The number of aromatic nitrogens is 2. The Labute approximate surface area is 143 Å². The highest BCUT2D eigenvalue weighted by Gasteiger charge is 2.13. The lowest BCUT2D eigenvalue weighted by Crippen LogP contribution is -1.96. The Kier molecular flexibility index (Phi) is 3.63. The van der Waals surface area contributed by atoms with Crippen LogP contribution in [-0.4, -0.2) is 9.55 Å². The molecule has 1 heterocycles. The Balaban J connectivity index is 2.07. The van der Waals surface area contributed by atoms with Crippen molar-refractivity contribution in [2.75, 3.05) is 0 Å². The molecule has 0 fully saturated rings. The van der Waals surface area contributed by atoms with Gasteiger partial charge in [-0.2, -0.15) is 0 Å². The van der Waals surface area contributed by atoms with Gasteiger partial charge in [-0.1, -0.05) is 54.1 Å². The highest BCUT2D eigenvalue weighted by molar-refractivity contribution is 6.30. The molecule has 4 rings (SSSR count). The van der Waals surface area contributed by atoms with Gasteiger partial charge in [-0.3, -0.25) is 9.36 Å². The van der Waals surface area contributed by atoms with E-state index in [0.717, 1.165) is 28.1 Å². The summed E-state index contributed by atoms with van der Waals surface area (Å²) in [6.45, 7) is 0. The second-order valence-electron chi connectivity index (χ2n) is 5.43. The lowest BCUT2D eigenvalue weighted by atomic mass is 10.2. The van der Waals surface area contributed by atoms with E-state index in [-0.39, 0.29) is 10.5 Å². The first-order valence-electron chi connectivity index (χ1n) is 7.57. The van der Waals surface area contributed by atoms with E-state index < -0.39 is 0 Å². The molecule has 3 aromatic carbocycles. The number of halogens is 1. The van der Waals surface area contributed by atoms with Crippen LogP contribution in [-0.2, 0) is 0 Å². The van der Waals surface area contributed by atoms with Gasteiger partial charge in [-0.05, 0) is 36.4 Å². The van der Waals surface area contributed by atoms with Gasteiger partial charge in [-0.25, -0.2) is 4.98 Å². The van der Waals surface area contributed by atoms with E-state index in [1.165, 1.54) is 6.07 Å². The molecule has 0 N–H and O–H groups in total. The highest BCUT2D eigenvalue weighted by Crippen LogP contribution is 2.28. The van der Waals surface area contributed by atoms with Crippen LogP contribution in [0.15, 0.2) is 83.7 Å². The molecule has 0 unspecified atom stereocenters. The molecular weight excluding hydrogens is 320 g/mol. The van der Waals surface area contributed by atoms with E-state index in [1.807, 2.05) is 65.2 Å². The summed E-state index contributed by atoms with van der Waals surface area (Å²) in [6.07, 6.45) is 0. The van der Waals surface area contributed by atoms with Gasteiger partial charge in [0, 0.05) is 11.3 Å². The maximum absolute atomic E-state index is 11.8. The van der Waals surface area contributed by atoms with E-state index in [0.29, 0.717) is 0 Å². The summed E-state index contributed by atoms with van der Waals surface area (Å²) in [4.78, 5) is 16.6. The molecule has 4 aromatic rings. The third-order valence-corrected chi connectivity index (χ3v) is 4.20. The monoisotopic (exact) mass is 332 g/mol. The fraction of sp³-hybridized carbons (Fsp3) is 0. The smallest absolute Gasteiger partial charge is 0.197 e. The van der Waals surface area contributed by atoms with Crippen LogP contribution in [0.2, 0.25) is 5.02 Å². The second-order valence-corrected chi connectivity index (χ2v) is 5.84. The number of rotatable bonds is 2. The number of imidazole rings is 1. The average Bonchev–Trinajstić information content (AvgIpc) is 2.93. The summed E-state index contributed by atoms with van der Waals surface area (Å²) >= 11 is 5.96. The van der Waals surface area contributed by atoms with Crippen LogP contribution in [0.1, 0.15) is 0 Å². The maximum Gasteiger partial charge on any atom is 0.197 e. The molecule has 0 aliphatic heterocycles. The van der Waals surface area contributed by atoms with Crippen molar-refractivity contribution >= 4 is 22.6 Å². The molecule has 0 saturated heterocycles. The highest BCUT2D eigenvalue weighted by atomic mass is 35.5. The molecule has 4 heteroatoms. The minimum Gasteiger partial charge on any atom is -0.292 e. The zero-order valence-electron chi connectivity index (χ0n) is 12.7. The Morgan fingerprint density at radius 1 is 0.792 bits per heavy atom. The van der Waals surface area contributed by atoms with Crippen molar-refractivity contribution in [3.63, 3.8) is 0 Å². The maximum atomic E-state index is 11.8. The average molecular weight is 333 g/mol. The molecule has 1 aromatic heterocycles. The molecule has 0 saturated carbocycles. The molecule has 0 aliphatic carbocycles. The first-order chi connectivity index (χ1) is 11.7. The predicted octanol–water partition coefficient (Wildman–Crippen LogP) is 4.71. The van der Waals surface area contributed by atoms with Gasteiger partial charge in [0.1, 0.15) is 5.82 Å². The zero-order valence-corrected chi connectivity index (χ0v) is 13.4. The lowest BCUT2D eigenvalue weighted by Gasteiger charge is -2.08. The van der Waals surface area contributed by atoms with Crippen LogP contribution in [0.5, 0.6) is 0 Å². The Morgan fingerprint density at radius 2 is 1.50 bits per heavy atom. The summed E-state index contributed by atoms with van der Waals surface area (Å²) in [5, 5.41) is 0.201. The lowest BCUT2D eigenvalue weighted by molar-refractivity contribution is 1.11. The largest absolute Gasteiger partial charge is 0.292 e. The van der Waals surface area contributed by atoms with Crippen LogP contribution < -0.4 is 5.43 Å². The molecule has 0 radical (unpaired) electrons. The molecule has 116 valence electrons. The Bertz CT molecular complexity index is 1090. The normalized spacial score (nSPS) is 10.9. The number of hydrogen-bond acceptors (Lipinski definition) is 2. The molecule has 0 bridgehead atoms. The molecular formula is C20H13ClN2O. The number of benzene rings is 2. The second kappa shape index (κ2) is 5.95. The fourth-order valence-corrected chi connectivity index (χ4v) is 2.88. The summed E-state index contributed by atoms with van der Waals surface area (Å²) in [6, 6.07) is 24.6. The SMILES string of the molecule is O=c1ccc(-n2c(-c3ccccc3)nc3ccccc32)ccc1Cl. The third-order valence-electron chi connectivity index (χ3n) is 3.89. The Hall–Kier alpha value is -2.91. The summed E-state index contributed by atoms with van der Waals surface area (Å²) in [5.41, 5.74) is 3.52. The van der Waals surface area contributed by atoms with Crippen molar-refractivity contribution in [2.24, 2.45) is 0 Å².